The van der Waals surface area contributed by atoms with E-state index in [0.717, 1.165) is 4.57 Å². The monoisotopic (exact) mass is 828 g/mol. The van der Waals surface area contributed by atoms with Crippen LogP contribution < -0.4 is 34.7 Å². The minimum absolute atomic E-state index is 0.00732. The first-order valence-corrected chi connectivity index (χ1v) is 19.7. The highest BCUT2D eigenvalue weighted by Gasteiger charge is 2.38. The number of aromatic nitrogens is 2. The van der Waals surface area contributed by atoms with Gasteiger partial charge in [0.15, 0.2) is 11.5 Å². The number of hydrogen-bond acceptors (Lipinski definition) is 16. The molecule has 2 amide bonds. The first-order valence-electron chi connectivity index (χ1n) is 14.9. The summed E-state index contributed by atoms with van der Waals surface area (Å²) in [4.78, 5) is 90.5. The predicted octanol–water partition coefficient (Wildman–Crippen LogP) is 0.108. The molecule has 53 heavy (non-hydrogen) atoms. The number of imide groups is 1. The minimum Gasteiger partial charge on any atom is -0.480 e. The molecule has 280 valence electrons. The zero-order valence-electron chi connectivity index (χ0n) is 26.8. The number of carboxylic acids is 3. The van der Waals surface area contributed by atoms with Crippen LogP contribution in [0, 0.1) is 9.20 Å². The van der Waals surface area contributed by atoms with Crippen molar-refractivity contribution in [2.75, 3.05) is 30.5 Å². The SMILES string of the molecule is C/C(C=c1s/c(=c2/s/c(=C3/SC(=O)N(CC(=O)O)C3=O)n(CC(=O)O)c2=O)n(CC(=O)O)c1=O)=C1\Sc2cc3c(cc2N1CCCS(=O)(=O)O)OCO3. The van der Waals surface area contributed by atoms with Crippen LogP contribution in [0.5, 0.6) is 11.5 Å². The number of amides is 2. The molecule has 24 heteroatoms. The molecule has 6 rings (SSSR count). The highest BCUT2D eigenvalue weighted by molar-refractivity contribution is 8.23. The number of benzene rings is 1. The summed E-state index contributed by atoms with van der Waals surface area (Å²) < 4.78 is 43.9. The molecule has 1 aromatic carbocycles. The fraction of sp³-hybridized carbons (Fsp3) is 0.276. The van der Waals surface area contributed by atoms with E-state index < -0.39 is 80.6 Å². The summed E-state index contributed by atoms with van der Waals surface area (Å²) in [7, 11) is -4.28. The second kappa shape index (κ2) is 14.5. The Morgan fingerprint density at radius 3 is 2.09 bits per heavy atom. The van der Waals surface area contributed by atoms with E-state index in [9.17, 15) is 56.7 Å². The first kappa shape index (κ1) is 37.9. The number of hydrogen-bond donors (Lipinski definition) is 4. The second-order valence-corrected chi connectivity index (χ2v) is 16.9. The number of ether oxygens (including phenoxy) is 2. The zero-order valence-corrected chi connectivity index (χ0v) is 30.9. The van der Waals surface area contributed by atoms with Gasteiger partial charge in [-0.1, -0.05) is 11.8 Å². The molecular weight excluding hydrogens is 805 g/mol. The van der Waals surface area contributed by atoms with Crippen LogP contribution in [-0.4, -0.2) is 97.0 Å². The van der Waals surface area contributed by atoms with Gasteiger partial charge in [-0.2, -0.15) is 8.42 Å². The molecule has 4 N–H and O–H groups in total. The Bertz CT molecular complexity index is 2640. The number of carboxylic acid groups (broad SMARTS) is 3. The molecule has 3 aliphatic heterocycles. The molecule has 1 fully saturated rings. The Balaban J connectivity index is 1.57. The van der Waals surface area contributed by atoms with Crippen molar-refractivity contribution in [2.24, 2.45) is 0 Å². The summed E-state index contributed by atoms with van der Waals surface area (Å²) in [6, 6.07) is 3.44. The molecule has 3 aromatic rings. The highest BCUT2D eigenvalue weighted by Crippen LogP contribution is 2.52. The molecule has 0 spiro atoms. The summed E-state index contributed by atoms with van der Waals surface area (Å²) in [5, 5.41) is 28.0. The van der Waals surface area contributed by atoms with Crippen LogP contribution >= 0.6 is 46.2 Å². The quantitative estimate of drug-likeness (QED) is 0.187. The van der Waals surface area contributed by atoms with Crippen molar-refractivity contribution in [3.05, 3.63) is 61.8 Å². The van der Waals surface area contributed by atoms with Crippen molar-refractivity contribution >= 4 is 102 Å². The predicted molar refractivity (Wildman–Crippen MR) is 189 cm³/mol. The number of thiazole rings is 2. The highest BCUT2D eigenvalue weighted by atomic mass is 32.2. The number of anilines is 1. The first-order chi connectivity index (χ1) is 24.9. The van der Waals surface area contributed by atoms with Crippen molar-refractivity contribution in [1.29, 1.82) is 0 Å². The van der Waals surface area contributed by atoms with E-state index in [1.54, 1.807) is 24.0 Å². The summed E-state index contributed by atoms with van der Waals surface area (Å²) in [5.41, 5.74) is -0.742. The topological polar surface area (TPSA) is 269 Å². The van der Waals surface area contributed by atoms with Gasteiger partial charge in [-0.3, -0.25) is 52.1 Å². The van der Waals surface area contributed by atoms with Crippen molar-refractivity contribution in [1.82, 2.24) is 14.0 Å². The number of allylic oxidation sites excluding steroid dienone is 1. The third-order valence-electron chi connectivity index (χ3n) is 7.57. The van der Waals surface area contributed by atoms with E-state index in [2.05, 4.69) is 0 Å². The number of carbonyl (C=O) groups is 5. The number of nitrogens with zero attached hydrogens (tertiary/aromatic N) is 4. The van der Waals surface area contributed by atoms with E-state index in [1.807, 2.05) is 0 Å². The van der Waals surface area contributed by atoms with Gasteiger partial charge in [0.25, 0.3) is 32.4 Å². The van der Waals surface area contributed by atoms with Gasteiger partial charge in [0.1, 0.15) is 38.4 Å². The molecule has 1 saturated heterocycles. The van der Waals surface area contributed by atoms with E-state index >= 15 is 0 Å². The Morgan fingerprint density at radius 2 is 1.47 bits per heavy atom. The van der Waals surface area contributed by atoms with Gasteiger partial charge >= 0.3 is 17.9 Å². The van der Waals surface area contributed by atoms with Crippen LogP contribution in [0.2, 0.25) is 0 Å². The third kappa shape index (κ3) is 7.63. The Kier molecular flexibility index (Phi) is 10.4. The van der Waals surface area contributed by atoms with Gasteiger partial charge in [-0.25, -0.2) is 0 Å². The average Bonchev–Trinajstić information content (AvgIpc) is 3.86. The summed E-state index contributed by atoms with van der Waals surface area (Å²) in [6.07, 6.45) is 1.46. The summed E-state index contributed by atoms with van der Waals surface area (Å²) >= 11 is 2.81. The summed E-state index contributed by atoms with van der Waals surface area (Å²) in [6.45, 7) is -1.12. The molecule has 19 nitrogen and oxygen atoms in total. The van der Waals surface area contributed by atoms with Gasteiger partial charge in [0, 0.05) is 23.6 Å². The number of aliphatic carboxylic acids is 3. The lowest BCUT2D eigenvalue weighted by Gasteiger charge is -2.21. The van der Waals surface area contributed by atoms with Crippen molar-refractivity contribution < 1.29 is 61.7 Å². The molecule has 0 aliphatic carbocycles. The van der Waals surface area contributed by atoms with Gasteiger partial charge in [0.2, 0.25) is 6.79 Å². The Morgan fingerprint density at radius 1 is 0.849 bits per heavy atom. The van der Waals surface area contributed by atoms with Crippen molar-refractivity contribution in [2.45, 2.75) is 31.3 Å². The van der Waals surface area contributed by atoms with Crippen LogP contribution in [0.3, 0.4) is 0 Å². The number of rotatable bonds is 11. The van der Waals surface area contributed by atoms with Gasteiger partial charge in [-0.15, -0.1) is 22.7 Å². The Hall–Kier alpha value is -4.88. The summed E-state index contributed by atoms with van der Waals surface area (Å²) in [5.74, 6) is -5.14. The van der Waals surface area contributed by atoms with Gasteiger partial charge in [-0.05, 0) is 36.8 Å². The third-order valence-corrected chi connectivity index (χ3v) is 13.2. The molecule has 3 aliphatic rings. The van der Waals surface area contributed by atoms with Gasteiger partial charge in [0.05, 0.1) is 21.0 Å². The minimum atomic E-state index is -4.28. The van der Waals surface area contributed by atoms with Crippen LogP contribution in [0.25, 0.3) is 11.0 Å². The van der Waals surface area contributed by atoms with Crippen LogP contribution in [-0.2, 0) is 42.4 Å². The molecule has 0 saturated carbocycles. The van der Waals surface area contributed by atoms with Crippen LogP contribution in [0.15, 0.2) is 37.2 Å². The van der Waals surface area contributed by atoms with Crippen LogP contribution in [0.4, 0.5) is 10.5 Å². The molecule has 0 unspecified atom stereocenters. The van der Waals surface area contributed by atoms with E-state index in [-0.39, 0.29) is 38.1 Å². The fourth-order valence-electron chi connectivity index (χ4n) is 5.41. The molecule has 0 atom stereocenters. The molecule has 5 heterocycles. The van der Waals surface area contributed by atoms with E-state index in [1.165, 1.54) is 17.8 Å². The lowest BCUT2D eigenvalue weighted by molar-refractivity contribution is -0.140. The maximum Gasteiger partial charge on any atom is 0.323 e. The van der Waals surface area contributed by atoms with E-state index in [4.69, 9.17) is 14.6 Å². The maximum absolute atomic E-state index is 13.8. The zero-order chi connectivity index (χ0) is 38.5. The van der Waals surface area contributed by atoms with Gasteiger partial charge < -0.3 is 29.7 Å². The second-order valence-electron chi connectivity index (χ2n) is 11.3. The average molecular weight is 829 g/mol. The number of thioether (sulfide) groups is 2. The number of carbonyl (C=O) groups excluding carboxylic acids is 2. The standard InChI is InChI=1S/C29H24N4O15S5/c1-12(26-30(3-2-4-53(44,45)46)13-6-14-15(48-11-47-14)7-16(13)49-26)5-17-23(40)31(8-18(34)35)27(50-17)21-24(41)32(9-19(36)37)28(51-21)22-25(42)33(10-20(38)39)29(43)52-22/h5-7H,2-4,8-11H2,1H3,(H,34,35)(H,36,37)(H,38,39)(H,44,45,46)/b17-5?,26-12+,27-21+,28-22+. The number of fused-ring (bicyclic) bond motifs is 2. The fourth-order valence-corrected chi connectivity index (χ4v) is 10.5. The lowest BCUT2D eigenvalue weighted by Crippen LogP contribution is -2.35. The smallest absolute Gasteiger partial charge is 0.323 e. The molecule has 2 aromatic heterocycles. The molecule has 0 bridgehead atoms. The Labute approximate surface area is 311 Å². The van der Waals surface area contributed by atoms with Crippen molar-refractivity contribution in [3.8, 4) is 11.5 Å². The normalized spacial score (nSPS) is 18.3. The maximum atomic E-state index is 13.8. The largest absolute Gasteiger partial charge is 0.480 e. The van der Waals surface area contributed by atoms with Crippen LogP contribution in [0.1, 0.15) is 13.3 Å². The van der Waals surface area contributed by atoms with E-state index in [0.29, 0.717) is 76.6 Å². The molecule has 0 radical (unpaired) electrons. The lowest BCUT2D eigenvalue weighted by atomic mass is 10.2. The van der Waals surface area contributed by atoms with Crippen molar-refractivity contribution in [3.63, 3.8) is 0 Å². The molecular formula is C29H24N4O15S5.